The number of benzene rings is 1. The van der Waals surface area contributed by atoms with Gasteiger partial charge in [-0.05, 0) is 63.5 Å². The Labute approximate surface area is 173 Å². The molecule has 1 fully saturated rings. The van der Waals surface area contributed by atoms with Gasteiger partial charge in [-0.2, -0.15) is 4.31 Å². The maximum atomic E-state index is 13.4. The lowest BCUT2D eigenvalue weighted by atomic mass is 9.78. The molecule has 2 aliphatic rings. The first-order chi connectivity index (χ1) is 13.9. The highest BCUT2D eigenvalue weighted by molar-refractivity contribution is 7.89. The van der Waals surface area contributed by atoms with Crippen LogP contribution in [0.25, 0.3) is 0 Å². The van der Waals surface area contributed by atoms with Crippen LogP contribution >= 0.6 is 0 Å². The Kier molecular flexibility index (Phi) is 5.64. The van der Waals surface area contributed by atoms with E-state index < -0.39 is 10.0 Å². The van der Waals surface area contributed by atoms with Crippen LogP contribution in [0.5, 0.6) is 5.75 Å². The highest BCUT2D eigenvalue weighted by atomic mass is 32.2. The minimum absolute atomic E-state index is 0.101. The van der Waals surface area contributed by atoms with Crippen LogP contribution in [0, 0.1) is 5.41 Å². The van der Waals surface area contributed by atoms with E-state index in [1.165, 1.54) is 5.56 Å². The molecule has 29 heavy (non-hydrogen) atoms. The molecule has 1 saturated heterocycles. The van der Waals surface area contributed by atoms with E-state index in [4.69, 9.17) is 4.74 Å². The van der Waals surface area contributed by atoms with E-state index in [2.05, 4.69) is 16.0 Å². The molecule has 7 heteroatoms. The van der Waals surface area contributed by atoms with Gasteiger partial charge >= 0.3 is 0 Å². The lowest BCUT2D eigenvalue weighted by molar-refractivity contribution is 0.0283. The second-order valence-electron chi connectivity index (χ2n) is 8.52. The summed E-state index contributed by atoms with van der Waals surface area (Å²) in [5.74, 6) is 0.468. The number of likely N-dealkylation sites (tertiary alicyclic amines) is 1. The first-order valence-corrected chi connectivity index (χ1v) is 11.7. The maximum Gasteiger partial charge on any atom is 0.247 e. The molecule has 0 radical (unpaired) electrons. The number of nitrogens with zero attached hydrogens (tertiary/aromatic N) is 3. The molecule has 3 heterocycles. The lowest BCUT2D eigenvalue weighted by Crippen LogP contribution is -2.52. The predicted octanol–water partition coefficient (Wildman–Crippen LogP) is 3.16. The second-order valence-corrected chi connectivity index (χ2v) is 10.4. The fourth-order valence-corrected chi connectivity index (χ4v) is 6.18. The number of fused-ring (bicyclic) bond motifs is 1. The molecule has 0 N–H and O–H groups in total. The van der Waals surface area contributed by atoms with E-state index in [0.29, 0.717) is 18.9 Å². The van der Waals surface area contributed by atoms with Crippen LogP contribution in [0.1, 0.15) is 32.3 Å². The van der Waals surface area contributed by atoms with Crippen molar-refractivity contribution in [1.29, 1.82) is 0 Å². The zero-order valence-electron chi connectivity index (χ0n) is 17.1. The van der Waals surface area contributed by atoms with Gasteiger partial charge in [0, 0.05) is 36.9 Å². The third-order valence-electron chi connectivity index (χ3n) is 6.08. The summed E-state index contributed by atoms with van der Waals surface area (Å²) in [6, 6.07) is 11.0. The Bertz CT molecular complexity index is 939. The highest BCUT2D eigenvalue weighted by Gasteiger charge is 2.43. The van der Waals surface area contributed by atoms with Gasteiger partial charge in [-0.3, -0.25) is 9.88 Å². The summed E-state index contributed by atoms with van der Waals surface area (Å²) >= 11 is 0. The molecule has 0 bridgehead atoms. The van der Waals surface area contributed by atoms with Crippen LogP contribution < -0.4 is 4.74 Å². The quantitative estimate of drug-likeness (QED) is 0.771. The summed E-state index contributed by atoms with van der Waals surface area (Å²) in [7, 11) is -3.59. The standard InChI is InChI=1S/C22H29N3O3S/c1-18(2)25-16-22(17-28-20-7-3-4-8-21(20)29(25,26)27)9-12-24(13-10-22)15-19-6-5-11-23-14-19/h3-8,11,14,18H,9-10,12-13,15-17H2,1-2H3. The number of pyridine rings is 1. The van der Waals surface area contributed by atoms with E-state index >= 15 is 0 Å². The smallest absolute Gasteiger partial charge is 0.247 e. The van der Waals surface area contributed by atoms with Gasteiger partial charge < -0.3 is 4.74 Å². The van der Waals surface area contributed by atoms with Crippen molar-refractivity contribution in [2.24, 2.45) is 5.41 Å². The number of ether oxygens (including phenoxy) is 1. The monoisotopic (exact) mass is 415 g/mol. The molecule has 0 aliphatic carbocycles. The van der Waals surface area contributed by atoms with E-state index in [1.807, 2.05) is 32.2 Å². The third kappa shape index (κ3) is 4.17. The number of rotatable bonds is 3. The van der Waals surface area contributed by atoms with Crippen molar-refractivity contribution >= 4 is 10.0 Å². The Hall–Kier alpha value is -1.96. The third-order valence-corrected chi connectivity index (χ3v) is 8.14. The summed E-state index contributed by atoms with van der Waals surface area (Å²) in [5, 5.41) is 0. The van der Waals surface area contributed by atoms with Gasteiger partial charge in [0.2, 0.25) is 10.0 Å². The molecule has 2 aromatic rings. The van der Waals surface area contributed by atoms with Crippen LogP contribution in [0.4, 0.5) is 0 Å². The zero-order valence-corrected chi connectivity index (χ0v) is 17.9. The summed E-state index contributed by atoms with van der Waals surface area (Å²) in [6.07, 6.45) is 5.52. The van der Waals surface area contributed by atoms with Crippen molar-refractivity contribution in [1.82, 2.24) is 14.2 Å². The molecule has 4 rings (SSSR count). The first kappa shape index (κ1) is 20.3. The Morgan fingerprint density at radius 1 is 1.14 bits per heavy atom. The van der Waals surface area contributed by atoms with E-state index in [1.54, 1.807) is 28.7 Å². The molecule has 0 unspecified atom stereocenters. The van der Waals surface area contributed by atoms with Gasteiger partial charge in [0.15, 0.2) is 0 Å². The molecule has 0 amide bonds. The van der Waals surface area contributed by atoms with Crippen molar-refractivity contribution in [3.05, 3.63) is 54.4 Å². The van der Waals surface area contributed by atoms with Crippen molar-refractivity contribution in [3.8, 4) is 5.75 Å². The molecule has 156 valence electrons. The van der Waals surface area contributed by atoms with Gasteiger partial charge in [0.25, 0.3) is 0 Å². The first-order valence-electron chi connectivity index (χ1n) is 10.2. The molecule has 6 nitrogen and oxygen atoms in total. The van der Waals surface area contributed by atoms with Gasteiger partial charge in [-0.15, -0.1) is 0 Å². The van der Waals surface area contributed by atoms with Gasteiger partial charge in [0.1, 0.15) is 10.6 Å². The second kappa shape index (κ2) is 8.05. The molecule has 1 spiro atoms. The van der Waals surface area contributed by atoms with Crippen LogP contribution in [0.15, 0.2) is 53.7 Å². The molecule has 2 aliphatic heterocycles. The van der Waals surface area contributed by atoms with Crippen molar-refractivity contribution in [2.75, 3.05) is 26.2 Å². The lowest BCUT2D eigenvalue weighted by Gasteiger charge is -2.45. The average Bonchev–Trinajstić information content (AvgIpc) is 2.72. The minimum Gasteiger partial charge on any atom is -0.492 e. The topological polar surface area (TPSA) is 62.7 Å². The zero-order chi connectivity index (χ0) is 20.5. The summed E-state index contributed by atoms with van der Waals surface area (Å²) in [6.45, 7) is 7.67. The number of hydrogen-bond acceptors (Lipinski definition) is 5. The van der Waals surface area contributed by atoms with E-state index in [-0.39, 0.29) is 16.4 Å². The Morgan fingerprint density at radius 2 is 1.90 bits per heavy atom. The van der Waals surface area contributed by atoms with Crippen LogP contribution in [0.3, 0.4) is 0 Å². The van der Waals surface area contributed by atoms with Crippen molar-refractivity contribution in [2.45, 2.75) is 44.2 Å². The van der Waals surface area contributed by atoms with Gasteiger partial charge in [0.05, 0.1) is 6.61 Å². The molecule has 1 aromatic heterocycles. The largest absolute Gasteiger partial charge is 0.492 e. The van der Waals surface area contributed by atoms with Crippen molar-refractivity contribution in [3.63, 3.8) is 0 Å². The maximum absolute atomic E-state index is 13.4. The predicted molar refractivity (Wildman–Crippen MR) is 112 cm³/mol. The van der Waals surface area contributed by atoms with Crippen molar-refractivity contribution < 1.29 is 13.2 Å². The molecular formula is C22H29N3O3S. The van der Waals surface area contributed by atoms with E-state index in [0.717, 1.165) is 32.5 Å². The number of aromatic nitrogens is 1. The summed E-state index contributed by atoms with van der Waals surface area (Å²) < 4.78 is 34.5. The van der Waals surface area contributed by atoms with Gasteiger partial charge in [-0.25, -0.2) is 8.42 Å². The molecule has 0 saturated carbocycles. The Morgan fingerprint density at radius 3 is 2.59 bits per heavy atom. The number of sulfonamides is 1. The number of piperidine rings is 1. The van der Waals surface area contributed by atoms with E-state index in [9.17, 15) is 8.42 Å². The SMILES string of the molecule is CC(C)N1CC2(CCN(Cc3cccnc3)CC2)COc2ccccc2S1(=O)=O. The number of para-hydroxylation sites is 1. The minimum atomic E-state index is -3.59. The Balaban J connectivity index is 1.56. The van der Waals surface area contributed by atoms with Crippen LogP contribution in [-0.2, 0) is 16.6 Å². The molecular weight excluding hydrogens is 386 g/mol. The average molecular weight is 416 g/mol. The van der Waals surface area contributed by atoms with Crippen LogP contribution in [0.2, 0.25) is 0 Å². The number of hydrogen-bond donors (Lipinski definition) is 0. The molecule has 1 aromatic carbocycles. The highest BCUT2D eigenvalue weighted by Crippen LogP contribution is 2.40. The van der Waals surface area contributed by atoms with Crippen LogP contribution in [-0.4, -0.2) is 54.9 Å². The molecule has 0 atom stereocenters. The fourth-order valence-electron chi connectivity index (χ4n) is 4.30. The summed E-state index contributed by atoms with van der Waals surface area (Å²) in [4.78, 5) is 6.90. The van der Waals surface area contributed by atoms with Gasteiger partial charge in [-0.1, -0.05) is 18.2 Å². The summed E-state index contributed by atoms with van der Waals surface area (Å²) in [5.41, 5.74) is 1.04. The fraction of sp³-hybridized carbons (Fsp3) is 0.500. The normalized spacial score (nSPS) is 21.9.